The summed E-state index contributed by atoms with van der Waals surface area (Å²) in [6.07, 6.45) is 4.70. The van der Waals surface area contributed by atoms with Crippen LogP contribution in [0, 0.1) is 5.41 Å². The van der Waals surface area contributed by atoms with E-state index >= 15 is 0 Å². The van der Waals surface area contributed by atoms with Crippen LogP contribution in [0.4, 0.5) is 4.79 Å². The number of nitrogens with zero attached hydrogens (tertiary/aromatic N) is 2. The summed E-state index contributed by atoms with van der Waals surface area (Å²) in [5.74, 6) is 0. The summed E-state index contributed by atoms with van der Waals surface area (Å²) >= 11 is -1.20. The van der Waals surface area contributed by atoms with E-state index in [1.54, 1.807) is 4.90 Å². The van der Waals surface area contributed by atoms with Crippen LogP contribution >= 0.6 is 0 Å². The second-order valence-corrected chi connectivity index (χ2v) is 10.9. The van der Waals surface area contributed by atoms with Crippen molar-refractivity contribution in [2.45, 2.75) is 84.0 Å². The van der Waals surface area contributed by atoms with Gasteiger partial charge in [-0.15, -0.1) is 0 Å². The summed E-state index contributed by atoms with van der Waals surface area (Å²) < 4.78 is 22.2. The van der Waals surface area contributed by atoms with Crippen LogP contribution in [0.3, 0.4) is 0 Å². The fraction of sp³-hybridized carbons (Fsp3) is 0.889. The van der Waals surface area contributed by atoms with Crippen molar-refractivity contribution in [3.8, 4) is 0 Å². The number of rotatable bonds is 1. The van der Waals surface area contributed by atoms with E-state index in [1.807, 2.05) is 41.5 Å². The standard InChI is InChI=1S/C18H32N2O3S/c1-16(2,3)23-15(21)20-12-10-18(11-13-20)9-7-8-14(18)19-24(22)17(4,5)6/h7-13H2,1-6H3. The zero-order valence-electron chi connectivity index (χ0n) is 16.0. The largest absolute Gasteiger partial charge is 0.591 e. The molecule has 5 nitrogen and oxygen atoms in total. The van der Waals surface area contributed by atoms with Gasteiger partial charge >= 0.3 is 6.09 Å². The topological polar surface area (TPSA) is 65.0 Å². The van der Waals surface area contributed by atoms with Crippen molar-refractivity contribution in [1.82, 2.24) is 4.90 Å². The number of amides is 1. The third-order valence-corrected chi connectivity index (χ3v) is 6.20. The number of carbonyl (C=O) groups excluding carboxylic acids is 1. The molecule has 0 aromatic heterocycles. The Hall–Kier alpha value is -0.750. The van der Waals surface area contributed by atoms with Gasteiger partial charge in [-0.05, 0) is 73.6 Å². The Morgan fingerprint density at radius 1 is 1.17 bits per heavy atom. The van der Waals surface area contributed by atoms with Crippen LogP contribution in [-0.2, 0) is 16.1 Å². The predicted molar refractivity (Wildman–Crippen MR) is 98.7 cm³/mol. The van der Waals surface area contributed by atoms with Crippen LogP contribution in [0.25, 0.3) is 0 Å². The van der Waals surface area contributed by atoms with E-state index in [0.717, 1.165) is 37.8 Å². The van der Waals surface area contributed by atoms with E-state index in [2.05, 4.69) is 4.40 Å². The maximum atomic E-state index is 12.4. The quantitative estimate of drug-likeness (QED) is 0.665. The van der Waals surface area contributed by atoms with Crippen LogP contribution in [0.5, 0.6) is 0 Å². The van der Waals surface area contributed by atoms with Gasteiger partial charge in [0.25, 0.3) is 0 Å². The Kier molecular flexibility index (Phi) is 5.60. The molecule has 0 aromatic carbocycles. The first kappa shape index (κ1) is 19.6. The molecule has 1 saturated carbocycles. The van der Waals surface area contributed by atoms with E-state index in [-0.39, 0.29) is 16.3 Å². The predicted octanol–water partition coefficient (Wildman–Crippen LogP) is 4.09. The molecule has 0 aromatic rings. The van der Waals surface area contributed by atoms with Gasteiger partial charge in [-0.3, -0.25) is 0 Å². The molecule has 1 spiro atoms. The SMILES string of the molecule is CC(C)(C)OC(=O)N1CCC2(CCCC2=N[S+]([O-])C(C)(C)C)CC1. The van der Waals surface area contributed by atoms with Crippen LogP contribution in [-0.4, -0.2) is 44.7 Å². The van der Waals surface area contributed by atoms with Gasteiger partial charge in [0.2, 0.25) is 0 Å². The third kappa shape index (κ3) is 4.66. The van der Waals surface area contributed by atoms with Gasteiger partial charge in [0, 0.05) is 18.5 Å². The van der Waals surface area contributed by atoms with Crippen molar-refractivity contribution in [2.75, 3.05) is 13.1 Å². The van der Waals surface area contributed by atoms with Crippen LogP contribution < -0.4 is 0 Å². The minimum atomic E-state index is -1.20. The molecule has 2 rings (SSSR count). The van der Waals surface area contributed by atoms with Crippen molar-refractivity contribution < 1.29 is 14.1 Å². The first-order valence-electron chi connectivity index (χ1n) is 8.91. The average Bonchev–Trinajstić information content (AvgIpc) is 2.79. The Balaban J connectivity index is 2.03. The number of hydrogen-bond donors (Lipinski definition) is 0. The van der Waals surface area contributed by atoms with Gasteiger partial charge in [0.15, 0.2) is 0 Å². The minimum absolute atomic E-state index is 0.0411. The molecule has 2 aliphatic rings. The molecule has 1 aliphatic carbocycles. The molecular formula is C18H32N2O3S. The lowest BCUT2D eigenvalue weighted by molar-refractivity contribution is 0.0156. The lowest BCUT2D eigenvalue weighted by Crippen LogP contribution is -2.46. The number of ether oxygens (including phenoxy) is 1. The summed E-state index contributed by atoms with van der Waals surface area (Å²) in [6, 6.07) is 0. The van der Waals surface area contributed by atoms with E-state index < -0.39 is 17.0 Å². The minimum Gasteiger partial charge on any atom is -0.591 e. The third-order valence-electron chi connectivity index (χ3n) is 4.77. The number of hydrogen-bond acceptors (Lipinski definition) is 4. The van der Waals surface area contributed by atoms with Crippen LogP contribution in [0.2, 0.25) is 0 Å². The molecule has 1 heterocycles. The zero-order valence-corrected chi connectivity index (χ0v) is 16.8. The van der Waals surface area contributed by atoms with E-state index in [9.17, 15) is 9.35 Å². The van der Waals surface area contributed by atoms with E-state index in [1.165, 1.54) is 0 Å². The molecule has 6 heteroatoms. The zero-order chi connectivity index (χ0) is 18.2. The summed E-state index contributed by atoms with van der Waals surface area (Å²) in [5.41, 5.74) is 0.689. The lowest BCUT2D eigenvalue weighted by Gasteiger charge is -2.39. The molecule has 2 fully saturated rings. The highest BCUT2D eigenvalue weighted by molar-refractivity contribution is 7.91. The van der Waals surface area contributed by atoms with Gasteiger partial charge in [-0.2, -0.15) is 0 Å². The van der Waals surface area contributed by atoms with Gasteiger partial charge in [0.05, 0.1) is 5.71 Å². The first-order chi connectivity index (χ1) is 10.9. The maximum Gasteiger partial charge on any atom is 0.410 e. The Bertz CT molecular complexity index is 497. The molecule has 0 bridgehead atoms. The highest BCUT2D eigenvalue weighted by Crippen LogP contribution is 2.45. The molecule has 1 saturated heterocycles. The van der Waals surface area contributed by atoms with Gasteiger partial charge in [0.1, 0.15) is 21.7 Å². The number of likely N-dealkylation sites (tertiary alicyclic amines) is 1. The van der Waals surface area contributed by atoms with E-state index in [0.29, 0.717) is 13.1 Å². The molecule has 0 N–H and O–H groups in total. The van der Waals surface area contributed by atoms with Crippen molar-refractivity contribution >= 4 is 23.2 Å². The van der Waals surface area contributed by atoms with Crippen LogP contribution in [0.15, 0.2) is 4.40 Å². The maximum absolute atomic E-state index is 12.4. The van der Waals surface area contributed by atoms with Gasteiger partial charge in [-0.25, -0.2) is 4.79 Å². The molecule has 24 heavy (non-hydrogen) atoms. The number of piperidine rings is 1. The van der Waals surface area contributed by atoms with Gasteiger partial charge < -0.3 is 14.2 Å². The molecular weight excluding hydrogens is 324 g/mol. The van der Waals surface area contributed by atoms with E-state index in [4.69, 9.17) is 4.74 Å². The Morgan fingerprint density at radius 2 is 1.75 bits per heavy atom. The second kappa shape index (κ2) is 6.87. The molecule has 0 radical (unpaired) electrons. The normalized spacial score (nSPS) is 24.5. The summed E-state index contributed by atoms with van der Waals surface area (Å²) in [7, 11) is 0. The molecule has 138 valence electrons. The van der Waals surface area contributed by atoms with Crippen molar-refractivity contribution in [3.05, 3.63) is 0 Å². The number of carbonyl (C=O) groups is 1. The fourth-order valence-electron chi connectivity index (χ4n) is 3.37. The molecule has 1 unspecified atom stereocenters. The Morgan fingerprint density at radius 3 is 2.25 bits per heavy atom. The van der Waals surface area contributed by atoms with Gasteiger partial charge in [-0.1, -0.05) is 4.40 Å². The summed E-state index contributed by atoms with van der Waals surface area (Å²) in [6.45, 7) is 12.9. The van der Waals surface area contributed by atoms with Crippen molar-refractivity contribution in [1.29, 1.82) is 0 Å². The fourth-order valence-corrected chi connectivity index (χ4v) is 4.12. The highest BCUT2D eigenvalue weighted by Gasteiger charge is 2.45. The smallest absolute Gasteiger partial charge is 0.410 e. The Labute approximate surface area is 149 Å². The monoisotopic (exact) mass is 356 g/mol. The second-order valence-electron chi connectivity index (χ2n) is 9.00. The summed E-state index contributed by atoms with van der Waals surface area (Å²) in [5, 5.41) is 0. The molecule has 1 amide bonds. The van der Waals surface area contributed by atoms with Crippen molar-refractivity contribution in [3.63, 3.8) is 0 Å². The lowest BCUT2D eigenvalue weighted by atomic mass is 9.76. The van der Waals surface area contributed by atoms with Crippen molar-refractivity contribution in [2.24, 2.45) is 9.81 Å². The van der Waals surface area contributed by atoms with Crippen LogP contribution in [0.1, 0.15) is 73.6 Å². The average molecular weight is 357 g/mol. The molecule has 1 aliphatic heterocycles. The molecule has 1 atom stereocenters. The first-order valence-corrected chi connectivity index (χ1v) is 10.0. The summed E-state index contributed by atoms with van der Waals surface area (Å²) in [4.78, 5) is 14.0. The highest BCUT2D eigenvalue weighted by atomic mass is 32.2.